The van der Waals surface area contributed by atoms with Crippen LogP contribution in [-0.4, -0.2) is 53.3 Å². The number of ether oxygens (including phenoxy) is 1. The molecular formula is C20H23ClN4O3. The third-order valence-electron chi connectivity index (χ3n) is 4.04. The molecule has 0 aliphatic rings. The van der Waals surface area contributed by atoms with E-state index in [4.69, 9.17) is 16.3 Å². The van der Waals surface area contributed by atoms with E-state index in [-0.39, 0.29) is 18.9 Å². The van der Waals surface area contributed by atoms with Crippen LogP contribution in [0.3, 0.4) is 0 Å². The van der Waals surface area contributed by atoms with E-state index in [2.05, 4.69) is 20.6 Å². The molecule has 0 fully saturated rings. The van der Waals surface area contributed by atoms with Crippen molar-refractivity contribution in [1.82, 2.24) is 20.6 Å². The van der Waals surface area contributed by atoms with Crippen molar-refractivity contribution < 1.29 is 14.6 Å². The number of nitrogens with zero attached hydrogens (tertiary/aromatic N) is 1. The molecule has 1 aromatic heterocycles. The Labute approximate surface area is 168 Å². The Morgan fingerprint density at radius 1 is 1.18 bits per heavy atom. The summed E-state index contributed by atoms with van der Waals surface area (Å²) in [6, 6.07) is 14.8. The first-order chi connectivity index (χ1) is 13.6. The van der Waals surface area contributed by atoms with Gasteiger partial charge in [0.25, 0.3) is 0 Å². The molecule has 1 amide bonds. The zero-order chi connectivity index (χ0) is 19.8. The molecule has 28 heavy (non-hydrogen) atoms. The van der Waals surface area contributed by atoms with Crippen LogP contribution in [0.25, 0.3) is 11.0 Å². The third-order valence-corrected chi connectivity index (χ3v) is 4.35. The Morgan fingerprint density at radius 3 is 2.79 bits per heavy atom. The zero-order valence-electron chi connectivity index (χ0n) is 15.3. The lowest BCUT2D eigenvalue weighted by Crippen LogP contribution is -2.37. The fourth-order valence-corrected chi connectivity index (χ4v) is 2.86. The molecule has 2 aromatic carbocycles. The van der Waals surface area contributed by atoms with Gasteiger partial charge in [0.1, 0.15) is 24.3 Å². The first-order valence-electron chi connectivity index (χ1n) is 9.08. The van der Waals surface area contributed by atoms with E-state index in [0.29, 0.717) is 36.2 Å². The number of nitrogens with one attached hydrogen (secondary N) is 3. The molecule has 1 unspecified atom stereocenters. The van der Waals surface area contributed by atoms with E-state index in [0.717, 1.165) is 11.0 Å². The zero-order valence-corrected chi connectivity index (χ0v) is 16.1. The predicted molar refractivity (Wildman–Crippen MR) is 109 cm³/mol. The summed E-state index contributed by atoms with van der Waals surface area (Å²) < 4.78 is 5.48. The van der Waals surface area contributed by atoms with Gasteiger partial charge in [-0.3, -0.25) is 4.79 Å². The number of benzene rings is 2. The van der Waals surface area contributed by atoms with Crippen molar-refractivity contribution in [3.63, 3.8) is 0 Å². The number of rotatable bonds is 10. The molecule has 1 atom stereocenters. The lowest BCUT2D eigenvalue weighted by Gasteiger charge is -2.14. The number of aromatic amines is 1. The van der Waals surface area contributed by atoms with Gasteiger partial charge in [0.15, 0.2) is 0 Å². The van der Waals surface area contributed by atoms with Crippen molar-refractivity contribution in [2.75, 3.05) is 26.2 Å². The molecule has 0 radical (unpaired) electrons. The van der Waals surface area contributed by atoms with Gasteiger partial charge < -0.3 is 25.5 Å². The molecule has 8 heteroatoms. The largest absolute Gasteiger partial charge is 0.489 e. The fraction of sp³-hybridized carbons (Fsp3) is 0.300. The van der Waals surface area contributed by atoms with Crippen LogP contribution in [0.1, 0.15) is 5.82 Å². The fourth-order valence-electron chi connectivity index (χ4n) is 2.67. The molecule has 7 nitrogen and oxygen atoms in total. The van der Waals surface area contributed by atoms with E-state index in [1.54, 1.807) is 12.1 Å². The van der Waals surface area contributed by atoms with E-state index >= 15 is 0 Å². The number of para-hydroxylation sites is 3. The molecular weight excluding hydrogens is 380 g/mol. The highest BCUT2D eigenvalue weighted by atomic mass is 35.5. The van der Waals surface area contributed by atoms with Gasteiger partial charge in [-0.1, -0.05) is 35.9 Å². The third kappa shape index (κ3) is 5.95. The highest BCUT2D eigenvalue weighted by Crippen LogP contribution is 2.23. The van der Waals surface area contributed by atoms with Crippen LogP contribution in [-0.2, 0) is 11.2 Å². The SMILES string of the molecule is O=C(Cc1nc2ccccc2[nH]1)NCCNCC(O)COc1ccccc1Cl. The van der Waals surface area contributed by atoms with Gasteiger partial charge in [0, 0.05) is 19.6 Å². The Balaban J connectivity index is 1.28. The van der Waals surface area contributed by atoms with E-state index in [1.165, 1.54) is 0 Å². The quantitative estimate of drug-likeness (QED) is 0.388. The average molecular weight is 403 g/mol. The predicted octanol–water partition coefficient (Wildman–Crippen LogP) is 1.90. The molecule has 0 aliphatic heterocycles. The van der Waals surface area contributed by atoms with Gasteiger partial charge in [-0.05, 0) is 24.3 Å². The van der Waals surface area contributed by atoms with E-state index in [1.807, 2.05) is 36.4 Å². The van der Waals surface area contributed by atoms with E-state index in [9.17, 15) is 9.90 Å². The van der Waals surface area contributed by atoms with Gasteiger partial charge >= 0.3 is 0 Å². The van der Waals surface area contributed by atoms with Crippen LogP contribution >= 0.6 is 11.6 Å². The number of carbonyl (C=O) groups excluding carboxylic acids is 1. The first kappa shape index (κ1) is 20.1. The number of amides is 1. The van der Waals surface area contributed by atoms with Gasteiger partial charge in [-0.25, -0.2) is 4.98 Å². The van der Waals surface area contributed by atoms with Crippen LogP contribution < -0.4 is 15.4 Å². The highest BCUT2D eigenvalue weighted by molar-refractivity contribution is 6.32. The summed E-state index contributed by atoms with van der Waals surface area (Å²) in [6.07, 6.45) is -0.481. The number of hydrogen-bond donors (Lipinski definition) is 4. The molecule has 3 rings (SSSR count). The molecule has 148 valence electrons. The maximum absolute atomic E-state index is 12.0. The molecule has 0 spiro atoms. The van der Waals surface area contributed by atoms with Crippen LogP contribution in [0.4, 0.5) is 0 Å². The number of fused-ring (bicyclic) bond motifs is 1. The summed E-state index contributed by atoms with van der Waals surface area (Å²) in [5, 5.41) is 16.4. The van der Waals surface area contributed by atoms with Crippen molar-refractivity contribution in [2.24, 2.45) is 0 Å². The minimum atomic E-state index is -0.678. The second kappa shape index (κ2) is 10.1. The number of imidazole rings is 1. The number of aliphatic hydroxyl groups is 1. The summed E-state index contributed by atoms with van der Waals surface area (Å²) >= 11 is 5.99. The number of H-pyrrole nitrogens is 1. The topological polar surface area (TPSA) is 99.3 Å². The number of carbonyl (C=O) groups is 1. The summed E-state index contributed by atoms with van der Waals surface area (Å²) in [4.78, 5) is 19.5. The Morgan fingerprint density at radius 2 is 1.96 bits per heavy atom. The van der Waals surface area contributed by atoms with E-state index < -0.39 is 6.10 Å². The van der Waals surface area contributed by atoms with Crippen LogP contribution in [0.2, 0.25) is 5.02 Å². The summed E-state index contributed by atoms with van der Waals surface area (Å²) in [7, 11) is 0. The smallest absolute Gasteiger partial charge is 0.227 e. The minimum absolute atomic E-state index is 0.108. The monoisotopic (exact) mass is 402 g/mol. The molecule has 0 bridgehead atoms. The molecule has 3 aromatic rings. The Bertz CT molecular complexity index is 882. The second-order valence-corrected chi connectivity index (χ2v) is 6.73. The number of hydrogen-bond acceptors (Lipinski definition) is 5. The minimum Gasteiger partial charge on any atom is -0.489 e. The Hall–Kier alpha value is -2.61. The van der Waals surface area contributed by atoms with Crippen LogP contribution in [0.5, 0.6) is 5.75 Å². The summed E-state index contributed by atoms with van der Waals surface area (Å²) in [5.41, 5.74) is 1.76. The van der Waals surface area contributed by atoms with Gasteiger partial charge in [0.05, 0.1) is 22.5 Å². The van der Waals surface area contributed by atoms with Crippen molar-refractivity contribution >= 4 is 28.5 Å². The number of halogens is 1. The highest BCUT2D eigenvalue weighted by Gasteiger charge is 2.09. The number of aromatic nitrogens is 2. The van der Waals surface area contributed by atoms with Crippen molar-refractivity contribution in [3.05, 3.63) is 59.4 Å². The summed E-state index contributed by atoms with van der Waals surface area (Å²) in [6.45, 7) is 1.48. The first-order valence-corrected chi connectivity index (χ1v) is 9.46. The molecule has 0 saturated carbocycles. The standard InChI is InChI=1S/C20H23ClN4O3/c21-15-5-1-4-8-18(15)28-13-14(26)12-22-9-10-23-20(27)11-19-24-16-6-2-3-7-17(16)25-19/h1-8,14,22,26H,9-13H2,(H,23,27)(H,24,25). The average Bonchev–Trinajstić information content (AvgIpc) is 3.09. The van der Waals surface area contributed by atoms with Crippen molar-refractivity contribution in [3.8, 4) is 5.75 Å². The maximum Gasteiger partial charge on any atom is 0.227 e. The lowest BCUT2D eigenvalue weighted by atomic mass is 10.3. The van der Waals surface area contributed by atoms with Crippen molar-refractivity contribution in [2.45, 2.75) is 12.5 Å². The van der Waals surface area contributed by atoms with Crippen LogP contribution in [0.15, 0.2) is 48.5 Å². The molecule has 0 saturated heterocycles. The normalized spacial score (nSPS) is 12.1. The molecule has 4 N–H and O–H groups in total. The summed E-state index contributed by atoms with van der Waals surface area (Å²) in [5.74, 6) is 1.07. The second-order valence-electron chi connectivity index (χ2n) is 6.33. The molecule has 0 aliphatic carbocycles. The maximum atomic E-state index is 12.0. The van der Waals surface area contributed by atoms with Crippen molar-refractivity contribution in [1.29, 1.82) is 0 Å². The van der Waals surface area contributed by atoms with Gasteiger partial charge in [0.2, 0.25) is 5.91 Å². The van der Waals surface area contributed by atoms with Crippen LogP contribution in [0, 0.1) is 0 Å². The van der Waals surface area contributed by atoms with Gasteiger partial charge in [-0.15, -0.1) is 0 Å². The lowest BCUT2D eigenvalue weighted by molar-refractivity contribution is -0.120. The Kier molecular flexibility index (Phi) is 7.25. The molecule has 1 heterocycles. The number of aliphatic hydroxyl groups excluding tert-OH is 1. The van der Waals surface area contributed by atoms with Gasteiger partial charge in [-0.2, -0.15) is 0 Å².